The summed E-state index contributed by atoms with van der Waals surface area (Å²) < 4.78 is 0. The molecule has 0 aromatic heterocycles. The average molecular weight is 210 g/mol. The summed E-state index contributed by atoms with van der Waals surface area (Å²) in [5, 5.41) is 0. The van der Waals surface area contributed by atoms with E-state index in [1.54, 1.807) is 0 Å². The Morgan fingerprint density at radius 1 is 1.27 bits per heavy atom. The number of hydrogen-bond acceptors (Lipinski definition) is 1. The van der Waals surface area contributed by atoms with E-state index in [1.165, 1.54) is 6.42 Å². The highest BCUT2D eigenvalue weighted by atomic mass is 16.1. The maximum absolute atomic E-state index is 11.8. The van der Waals surface area contributed by atoms with Gasteiger partial charge in [0.1, 0.15) is 5.78 Å². The van der Waals surface area contributed by atoms with Crippen molar-refractivity contribution in [1.29, 1.82) is 0 Å². The van der Waals surface area contributed by atoms with Crippen LogP contribution in [0.3, 0.4) is 0 Å². The second-order valence-electron chi connectivity index (χ2n) is 5.91. The van der Waals surface area contributed by atoms with Gasteiger partial charge in [0, 0.05) is 12.3 Å². The standard InChI is InChI=1S/C14H26O/c1-10(2)5-6-13-9-12(11(3)4)7-8-14(13)15/h10-13H,5-9H2,1-4H3. The highest BCUT2D eigenvalue weighted by Crippen LogP contribution is 2.34. The molecular weight excluding hydrogens is 184 g/mol. The minimum Gasteiger partial charge on any atom is -0.299 e. The van der Waals surface area contributed by atoms with Crippen LogP contribution in [0.25, 0.3) is 0 Å². The number of hydrogen-bond donors (Lipinski definition) is 0. The van der Waals surface area contributed by atoms with Gasteiger partial charge in [-0.05, 0) is 37.0 Å². The SMILES string of the molecule is CC(C)CCC1CC(C(C)C)CCC1=O. The van der Waals surface area contributed by atoms with Crippen LogP contribution in [-0.4, -0.2) is 5.78 Å². The second kappa shape index (κ2) is 5.67. The van der Waals surface area contributed by atoms with Crippen molar-refractivity contribution in [3.05, 3.63) is 0 Å². The molecule has 0 N–H and O–H groups in total. The maximum Gasteiger partial charge on any atom is 0.135 e. The fourth-order valence-electron chi connectivity index (χ4n) is 2.57. The Morgan fingerprint density at radius 3 is 2.47 bits per heavy atom. The molecule has 2 atom stereocenters. The third kappa shape index (κ3) is 3.96. The van der Waals surface area contributed by atoms with E-state index >= 15 is 0 Å². The first-order valence-corrected chi connectivity index (χ1v) is 6.53. The third-order valence-corrected chi connectivity index (χ3v) is 3.84. The Hall–Kier alpha value is -0.330. The molecule has 0 aromatic carbocycles. The van der Waals surface area contributed by atoms with E-state index in [4.69, 9.17) is 0 Å². The number of rotatable bonds is 4. The molecule has 15 heavy (non-hydrogen) atoms. The van der Waals surface area contributed by atoms with Crippen molar-refractivity contribution in [2.45, 2.75) is 59.8 Å². The van der Waals surface area contributed by atoms with E-state index in [9.17, 15) is 4.79 Å². The zero-order valence-corrected chi connectivity index (χ0v) is 10.8. The first-order chi connectivity index (χ1) is 7.00. The van der Waals surface area contributed by atoms with Gasteiger partial charge in [-0.25, -0.2) is 0 Å². The zero-order chi connectivity index (χ0) is 11.4. The molecule has 1 aliphatic carbocycles. The summed E-state index contributed by atoms with van der Waals surface area (Å²) in [5.41, 5.74) is 0. The minimum absolute atomic E-state index is 0.383. The van der Waals surface area contributed by atoms with Crippen LogP contribution in [0.5, 0.6) is 0 Å². The number of carbonyl (C=O) groups is 1. The fraction of sp³-hybridized carbons (Fsp3) is 0.929. The predicted octanol–water partition coefficient (Wildman–Crippen LogP) is 4.06. The van der Waals surface area contributed by atoms with Crippen molar-refractivity contribution in [2.24, 2.45) is 23.7 Å². The Balaban J connectivity index is 2.43. The van der Waals surface area contributed by atoms with Crippen LogP contribution < -0.4 is 0 Å². The highest BCUT2D eigenvalue weighted by Gasteiger charge is 2.29. The molecule has 0 aliphatic heterocycles. The van der Waals surface area contributed by atoms with Gasteiger partial charge < -0.3 is 0 Å². The maximum atomic E-state index is 11.8. The fourth-order valence-corrected chi connectivity index (χ4v) is 2.57. The molecule has 0 bridgehead atoms. The van der Waals surface area contributed by atoms with Gasteiger partial charge in [-0.2, -0.15) is 0 Å². The quantitative estimate of drug-likeness (QED) is 0.683. The second-order valence-corrected chi connectivity index (χ2v) is 5.91. The topological polar surface area (TPSA) is 17.1 Å². The van der Waals surface area contributed by atoms with E-state index in [2.05, 4.69) is 27.7 Å². The summed E-state index contributed by atoms with van der Waals surface area (Å²) in [5.74, 6) is 3.19. The lowest BCUT2D eigenvalue weighted by Crippen LogP contribution is -2.27. The molecule has 1 heteroatoms. The highest BCUT2D eigenvalue weighted by molar-refractivity contribution is 5.81. The van der Waals surface area contributed by atoms with Gasteiger partial charge in [-0.15, -0.1) is 0 Å². The molecule has 0 radical (unpaired) electrons. The van der Waals surface area contributed by atoms with Crippen molar-refractivity contribution in [3.8, 4) is 0 Å². The van der Waals surface area contributed by atoms with Crippen molar-refractivity contribution in [1.82, 2.24) is 0 Å². The zero-order valence-electron chi connectivity index (χ0n) is 10.8. The van der Waals surface area contributed by atoms with Crippen LogP contribution in [0.4, 0.5) is 0 Å². The van der Waals surface area contributed by atoms with Gasteiger partial charge in [0.25, 0.3) is 0 Å². The Bertz CT molecular complexity index is 205. The van der Waals surface area contributed by atoms with Crippen LogP contribution >= 0.6 is 0 Å². The van der Waals surface area contributed by atoms with E-state index in [1.807, 2.05) is 0 Å². The monoisotopic (exact) mass is 210 g/mol. The number of carbonyl (C=O) groups excluding carboxylic acids is 1. The molecule has 0 amide bonds. The average Bonchev–Trinajstić information content (AvgIpc) is 2.16. The summed E-state index contributed by atoms with van der Waals surface area (Å²) in [6.45, 7) is 9.07. The van der Waals surface area contributed by atoms with Crippen molar-refractivity contribution < 1.29 is 4.79 Å². The van der Waals surface area contributed by atoms with Gasteiger partial charge in [0.2, 0.25) is 0 Å². The van der Waals surface area contributed by atoms with Crippen molar-refractivity contribution in [2.75, 3.05) is 0 Å². The molecule has 0 heterocycles. The van der Waals surface area contributed by atoms with E-state index < -0.39 is 0 Å². The predicted molar refractivity (Wildman–Crippen MR) is 64.7 cm³/mol. The van der Waals surface area contributed by atoms with Gasteiger partial charge in [0.15, 0.2) is 0 Å². The molecule has 88 valence electrons. The molecule has 1 saturated carbocycles. The van der Waals surface area contributed by atoms with Gasteiger partial charge in [0.05, 0.1) is 0 Å². The molecule has 1 aliphatic rings. The summed E-state index contributed by atoms with van der Waals surface area (Å²) >= 11 is 0. The first-order valence-electron chi connectivity index (χ1n) is 6.53. The molecule has 2 unspecified atom stereocenters. The Labute approximate surface area is 94.6 Å². The normalized spacial score (nSPS) is 27.7. The molecule has 0 saturated heterocycles. The summed E-state index contributed by atoms with van der Waals surface area (Å²) in [7, 11) is 0. The van der Waals surface area contributed by atoms with E-state index in [-0.39, 0.29) is 0 Å². The van der Waals surface area contributed by atoms with Gasteiger partial charge >= 0.3 is 0 Å². The summed E-state index contributed by atoms with van der Waals surface area (Å²) in [4.78, 5) is 11.8. The molecule has 0 spiro atoms. The molecule has 1 nitrogen and oxygen atoms in total. The van der Waals surface area contributed by atoms with Gasteiger partial charge in [-0.3, -0.25) is 4.79 Å². The van der Waals surface area contributed by atoms with Gasteiger partial charge in [-0.1, -0.05) is 34.1 Å². The molecule has 1 fully saturated rings. The summed E-state index contributed by atoms with van der Waals surface area (Å²) in [6.07, 6.45) is 5.46. The third-order valence-electron chi connectivity index (χ3n) is 3.84. The van der Waals surface area contributed by atoms with Crippen LogP contribution in [0.2, 0.25) is 0 Å². The van der Waals surface area contributed by atoms with E-state index in [0.29, 0.717) is 11.7 Å². The van der Waals surface area contributed by atoms with Crippen LogP contribution in [0.15, 0.2) is 0 Å². The molecule has 0 aromatic rings. The lowest BCUT2D eigenvalue weighted by molar-refractivity contribution is -0.126. The van der Waals surface area contributed by atoms with Crippen LogP contribution in [-0.2, 0) is 4.79 Å². The van der Waals surface area contributed by atoms with Crippen molar-refractivity contribution >= 4 is 5.78 Å². The van der Waals surface area contributed by atoms with Crippen LogP contribution in [0, 0.1) is 23.7 Å². The minimum atomic E-state index is 0.383. The lowest BCUT2D eigenvalue weighted by Gasteiger charge is -2.31. The Morgan fingerprint density at radius 2 is 1.93 bits per heavy atom. The van der Waals surface area contributed by atoms with E-state index in [0.717, 1.165) is 43.4 Å². The summed E-state index contributed by atoms with van der Waals surface area (Å²) in [6, 6.07) is 0. The number of ketones is 1. The molecular formula is C14H26O. The van der Waals surface area contributed by atoms with Crippen LogP contribution in [0.1, 0.15) is 59.8 Å². The lowest BCUT2D eigenvalue weighted by atomic mass is 9.73. The van der Waals surface area contributed by atoms with Crippen molar-refractivity contribution in [3.63, 3.8) is 0 Å². The smallest absolute Gasteiger partial charge is 0.135 e. The largest absolute Gasteiger partial charge is 0.299 e. The first kappa shape index (κ1) is 12.7. The molecule has 1 rings (SSSR count). The Kier molecular flexibility index (Phi) is 4.82. The number of Topliss-reactive ketones (excluding diaryl/α,β-unsaturated/α-hetero) is 1.